The second-order valence-electron chi connectivity index (χ2n) is 4.34. The van der Waals surface area contributed by atoms with Gasteiger partial charge in [0.25, 0.3) is 0 Å². The van der Waals surface area contributed by atoms with E-state index in [1.807, 2.05) is 6.07 Å². The molecule has 0 bridgehead atoms. The van der Waals surface area contributed by atoms with Crippen LogP contribution in [0.3, 0.4) is 0 Å². The summed E-state index contributed by atoms with van der Waals surface area (Å²) in [6, 6.07) is 15.3. The van der Waals surface area contributed by atoms with Crippen LogP contribution < -0.4 is 0 Å². The van der Waals surface area contributed by atoms with E-state index in [1.165, 1.54) is 0 Å². The van der Waals surface area contributed by atoms with Gasteiger partial charge in [0.2, 0.25) is 0 Å². The summed E-state index contributed by atoms with van der Waals surface area (Å²) < 4.78 is 4.82. The van der Waals surface area contributed by atoms with E-state index in [4.69, 9.17) is 10.1 Å². The van der Waals surface area contributed by atoms with Crippen molar-refractivity contribution in [3.8, 4) is 0 Å². The number of carbonyl (C=O) groups excluding carboxylic acids is 2. The van der Waals surface area contributed by atoms with Crippen molar-refractivity contribution in [1.82, 2.24) is 0 Å². The van der Waals surface area contributed by atoms with Gasteiger partial charge in [-0.3, -0.25) is 10.2 Å². The normalized spacial score (nSPS) is 9.95. The molecule has 1 N–H and O–H groups in total. The maximum atomic E-state index is 12.5. The van der Waals surface area contributed by atoms with Crippen molar-refractivity contribution in [2.45, 2.75) is 6.92 Å². The summed E-state index contributed by atoms with van der Waals surface area (Å²) >= 11 is 0. The van der Waals surface area contributed by atoms with Crippen LogP contribution >= 0.6 is 0 Å². The molecule has 0 heterocycles. The SMILES string of the molecule is CCOC(=O)C(=N)c1ccccc1C(=O)c1ccccc1. The zero-order chi connectivity index (χ0) is 15.2. The minimum absolute atomic E-state index is 0.190. The molecule has 0 aliphatic carbocycles. The minimum Gasteiger partial charge on any atom is -0.461 e. The van der Waals surface area contributed by atoms with Crippen molar-refractivity contribution in [1.29, 1.82) is 5.41 Å². The molecule has 2 rings (SSSR count). The molecule has 0 atom stereocenters. The Balaban J connectivity index is 2.40. The first-order valence-electron chi connectivity index (χ1n) is 6.60. The van der Waals surface area contributed by atoms with Crippen molar-refractivity contribution in [2.24, 2.45) is 0 Å². The summed E-state index contributed by atoms with van der Waals surface area (Å²) in [6.45, 7) is 1.86. The lowest BCUT2D eigenvalue weighted by Crippen LogP contribution is -2.20. The van der Waals surface area contributed by atoms with E-state index < -0.39 is 5.97 Å². The number of nitrogens with one attached hydrogen (secondary N) is 1. The first-order chi connectivity index (χ1) is 10.1. The van der Waals surface area contributed by atoms with Crippen LogP contribution in [-0.4, -0.2) is 24.1 Å². The Morgan fingerprint density at radius 2 is 1.52 bits per heavy atom. The summed E-state index contributed by atoms with van der Waals surface area (Å²) in [7, 11) is 0. The molecule has 0 aromatic heterocycles. The van der Waals surface area contributed by atoms with Crippen molar-refractivity contribution >= 4 is 17.5 Å². The van der Waals surface area contributed by atoms with Crippen LogP contribution in [0, 0.1) is 5.41 Å². The molecule has 0 fully saturated rings. The van der Waals surface area contributed by atoms with Crippen molar-refractivity contribution < 1.29 is 14.3 Å². The summed E-state index contributed by atoms with van der Waals surface area (Å²) in [5.41, 5.74) is 0.810. The largest absolute Gasteiger partial charge is 0.461 e. The molecule has 4 heteroatoms. The van der Waals surface area contributed by atoms with E-state index in [-0.39, 0.29) is 23.7 Å². The Kier molecular flexibility index (Phi) is 4.61. The van der Waals surface area contributed by atoms with Gasteiger partial charge in [0.1, 0.15) is 5.71 Å². The van der Waals surface area contributed by atoms with Crippen molar-refractivity contribution in [2.75, 3.05) is 6.61 Å². The van der Waals surface area contributed by atoms with Crippen LogP contribution in [0.5, 0.6) is 0 Å². The third-order valence-corrected chi connectivity index (χ3v) is 2.96. The number of benzene rings is 2. The molecule has 2 aromatic carbocycles. The highest BCUT2D eigenvalue weighted by molar-refractivity contribution is 6.43. The molecule has 21 heavy (non-hydrogen) atoms. The van der Waals surface area contributed by atoms with Gasteiger partial charge in [-0.05, 0) is 6.92 Å². The Morgan fingerprint density at radius 3 is 2.14 bits per heavy atom. The number of esters is 1. The number of rotatable bonds is 5. The summed E-state index contributed by atoms with van der Waals surface area (Å²) in [6.07, 6.45) is 0. The van der Waals surface area contributed by atoms with E-state index in [0.717, 1.165) is 0 Å². The van der Waals surface area contributed by atoms with Crippen LogP contribution in [-0.2, 0) is 9.53 Å². The molecule has 0 saturated carbocycles. The fourth-order valence-corrected chi connectivity index (χ4v) is 1.96. The average Bonchev–Trinajstić information content (AvgIpc) is 2.54. The monoisotopic (exact) mass is 281 g/mol. The third-order valence-electron chi connectivity index (χ3n) is 2.96. The first kappa shape index (κ1) is 14.7. The standard InChI is InChI=1S/C17H15NO3/c1-2-21-17(20)15(18)13-10-6-7-11-14(13)16(19)12-8-4-3-5-9-12/h3-11,18H,2H2,1H3. The highest BCUT2D eigenvalue weighted by atomic mass is 16.5. The second kappa shape index (κ2) is 6.61. The Bertz CT molecular complexity index is 677. The smallest absolute Gasteiger partial charge is 0.356 e. The highest BCUT2D eigenvalue weighted by Crippen LogP contribution is 2.15. The van der Waals surface area contributed by atoms with E-state index in [0.29, 0.717) is 11.1 Å². The van der Waals surface area contributed by atoms with Gasteiger partial charge >= 0.3 is 5.97 Å². The van der Waals surface area contributed by atoms with Gasteiger partial charge in [-0.15, -0.1) is 0 Å². The number of ether oxygens (including phenoxy) is 1. The van der Waals surface area contributed by atoms with Gasteiger partial charge in [-0.25, -0.2) is 4.79 Å². The zero-order valence-corrected chi connectivity index (χ0v) is 11.6. The lowest BCUT2D eigenvalue weighted by Gasteiger charge is -2.09. The van der Waals surface area contributed by atoms with Gasteiger partial charge in [-0.2, -0.15) is 0 Å². The summed E-state index contributed by atoms with van der Waals surface area (Å²) in [5.74, 6) is -0.953. The molecule has 0 spiro atoms. The molecule has 0 saturated heterocycles. The number of hydrogen-bond donors (Lipinski definition) is 1. The quantitative estimate of drug-likeness (QED) is 0.520. The summed E-state index contributed by atoms with van der Waals surface area (Å²) in [5, 5.41) is 7.91. The molecule has 0 radical (unpaired) electrons. The highest BCUT2D eigenvalue weighted by Gasteiger charge is 2.20. The fourth-order valence-electron chi connectivity index (χ4n) is 1.96. The van der Waals surface area contributed by atoms with E-state index >= 15 is 0 Å². The number of hydrogen-bond acceptors (Lipinski definition) is 4. The maximum absolute atomic E-state index is 12.5. The lowest BCUT2D eigenvalue weighted by molar-refractivity contribution is -0.135. The Hall–Kier alpha value is -2.75. The lowest BCUT2D eigenvalue weighted by atomic mass is 9.96. The minimum atomic E-state index is -0.731. The molecule has 2 aromatic rings. The van der Waals surface area contributed by atoms with E-state index in [1.54, 1.807) is 55.5 Å². The average molecular weight is 281 g/mol. The van der Waals surface area contributed by atoms with Gasteiger partial charge in [0.15, 0.2) is 5.78 Å². The van der Waals surface area contributed by atoms with Crippen molar-refractivity contribution in [3.63, 3.8) is 0 Å². The molecular weight excluding hydrogens is 266 g/mol. The topological polar surface area (TPSA) is 67.2 Å². The second-order valence-corrected chi connectivity index (χ2v) is 4.34. The molecule has 0 unspecified atom stereocenters. The zero-order valence-electron chi connectivity index (χ0n) is 11.6. The van der Waals surface area contributed by atoms with Gasteiger partial charge in [-0.1, -0.05) is 54.6 Å². The van der Waals surface area contributed by atoms with Crippen LogP contribution in [0.15, 0.2) is 54.6 Å². The van der Waals surface area contributed by atoms with Crippen LogP contribution in [0.4, 0.5) is 0 Å². The van der Waals surface area contributed by atoms with Gasteiger partial charge < -0.3 is 4.74 Å². The van der Waals surface area contributed by atoms with Gasteiger partial charge in [0, 0.05) is 16.7 Å². The molecule has 0 aliphatic heterocycles. The van der Waals surface area contributed by atoms with Gasteiger partial charge in [0.05, 0.1) is 6.61 Å². The molecule has 0 aliphatic rings. The third kappa shape index (κ3) is 3.23. The van der Waals surface area contributed by atoms with E-state index in [9.17, 15) is 9.59 Å². The van der Waals surface area contributed by atoms with Crippen molar-refractivity contribution in [3.05, 3.63) is 71.3 Å². The van der Waals surface area contributed by atoms with Crippen LogP contribution in [0.1, 0.15) is 28.4 Å². The van der Waals surface area contributed by atoms with Crippen LogP contribution in [0.25, 0.3) is 0 Å². The molecule has 0 amide bonds. The maximum Gasteiger partial charge on any atom is 0.356 e. The molecule has 4 nitrogen and oxygen atoms in total. The number of ketones is 1. The molecule has 106 valence electrons. The fraction of sp³-hybridized carbons (Fsp3) is 0.118. The predicted octanol–water partition coefficient (Wildman–Crippen LogP) is 2.85. The Labute approximate surface area is 122 Å². The number of carbonyl (C=O) groups is 2. The molecular formula is C17H15NO3. The van der Waals surface area contributed by atoms with Crippen LogP contribution in [0.2, 0.25) is 0 Å². The van der Waals surface area contributed by atoms with E-state index in [2.05, 4.69) is 0 Å². The summed E-state index contributed by atoms with van der Waals surface area (Å²) in [4.78, 5) is 24.2. The predicted molar refractivity (Wildman–Crippen MR) is 79.8 cm³/mol. The Morgan fingerprint density at radius 1 is 0.952 bits per heavy atom. The first-order valence-corrected chi connectivity index (χ1v) is 6.60.